The van der Waals surface area contributed by atoms with Crippen LogP contribution in [0.15, 0.2) is 42.5 Å². The van der Waals surface area contributed by atoms with Gasteiger partial charge in [-0.25, -0.2) is 4.39 Å². The second-order valence-electron chi connectivity index (χ2n) is 6.38. The molecule has 1 saturated carbocycles. The molecule has 24 heavy (non-hydrogen) atoms. The van der Waals surface area contributed by atoms with Crippen LogP contribution in [-0.4, -0.2) is 27.0 Å². The van der Waals surface area contributed by atoms with Crippen molar-refractivity contribution in [1.82, 2.24) is 15.1 Å². The molecule has 0 unspecified atom stereocenters. The summed E-state index contributed by atoms with van der Waals surface area (Å²) in [5, 5.41) is 7.95. The molecule has 2 aromatic carbocycles. The van der Waals surface area contributed by atoms with Gasteiger partial charge in [0, 0.05) is 23.5 Å². The van der Waals surface area contributed by atoms with Crippen molar-refractivity contribution in [3.63, 3.8) is 0 Å². The summed E-state index contributed by atoms with van der Waals surface area (Å²) in [6.45, 7) is 2.26. The monoisotopic (exact) mass is 323 g/mol. The minimum absolute atomic E-state index is 0.141. The minimum Gasteiger partial charge on any atom is -0.330 e. The maximum Gasteiger partial charge on any atom is 0.275 e. The molecule has 0 radical (unpaired) electrons. The van der Waals surface area contributed by atoms with E-state index in [0.29, 0.717) is 11.3 Å². The molecule has 0 saturated heterocycles. The topological polar surface area (TPSA) is 49.0 Å². The van der Waals surface area contributed by atoms with Crippen molar-refractivity contribution in [3.8, 4) is 0 Å². The lowest BCUT2D eigenvalue weighted by Crippen LogP contribution is -2.33. The van der Waals surface area contributed by atoms with Crippen LogP contribution in [0.1, 0.15) is 34.5 Å². The van der Waals surface area contributed by atoms with Crippen LogP contribution in [0.4, 0.5) is 4.39 Å². The van der Waals surface area contributed by atoms with Gasteiger partial charge in [0.05, 0.1) is 5.52 Å². The van der Waals surface area contributed by atoms with Gasteiger partial charge in [-0.15, -0.1) is 0 Å². The van der Waals surface area contributed by atoms with E-state index in [2.05, 4.69) is 10.2 Å². The van der Waals surface area contributed by atoms with Gasteiger partial charge in [-0.2, -0.15) is 5.10 Å². The zero-order valence-electron chi connectivity index (χ0n) is 13.4. The fourth-order valence-corrected chi connectivity index (χ4v) is 2.99. The second kappa shape index (κ2) is 5.74. The smallest absolute Gasteiger partial charge is 0.275 e. The van der Waals surface area contributed by atoms with Gasteiger partial charge in [-0.3, -0.25) is 9.89 Å². The van der Waals surface area contributed by atoms with Gasteiger partial charge >= 0.3 is 0 Å². The number of hydrogen-bond donors (Lipinski definition) is 1. The van der Waals surface area contributed by atoms with E-state index in [1.54, 1.807) is 23.1 Å². The lowest BCUT2D eigenvalue weighted by atomic mass is 10.1. The van der Waals surface area contributed by atoms with Crippen LogP contribution in [0.25, 0.3) is 10.9 Å². The Morgan fingerprint density at radius 2 is 2.08 bits per heavy atom. The third kappa shape index (κ3) is 2.66. The number of carbonyl (C=O) groups is 1. The Kier molecular flexibility index (Phi) is 3.56. The van der Waals surface area contributed by atoms with Gasteiger partial charge < -0.3 is 4.90 Å². The van der Waals surface area contributed by atoms with Gasteiger partial charge in [-0.05, 0) is 38.0 Å². The summed E-state index contributed by atoms with van der Waals surface area (Å²) in [4.78, 5) is 14.8. The summed E-state index contributed by atoms with van der Waals surface area (Å²) in [6.07, 6.45) is 1.92. The summed E-state index contributed by atoms with van der Waals surface area (Å²) in [7, 11) is 0. The van der Waals surface area contributed by atoms with Crippen LogP contribution >= 0.6 is 0 Å². The first-order chi connectivity index (χ1) is 11.6. The first-order valence-electron chi connectivity index (χ1n) is 8.12. The number of nitrogens with zero attached hydrogens (tertiary/aromatic N) is 2. The molecule has 1 N–H and O–H groups in total. The van der Waals surface area contributed by atoms with Crippen LogP contribution in [0, 0.1) is 12.7 Å². The number of hydrogen-bond acceptors (Lipinski definition) is 2. The Labute approximate surface area is 139 Å². The fraction of sp³-hybridized carbons (Fsp3) is 0.263. The highest BCUT2D eigenvalue weighted by Crippen LogP contribution is 2.31. The predicted octanol–water partition coefficient (Wildman–Crippen LogP) is 3.82. The molecule has 1 aromatic heterocycles. The van der Waals surface area contributed by atoms with Crippen LogP contribution in [-0.2, 0) is 6.54 Å². The van der Waals surface area contributed by atoms with Gasteiger partial charge in [0.25, 0.3) is 5.91 Å². The Morgan fingerprint density at radius 1 is 1.29 bits per heavy atom. The van der Waals surface area contributed by atoms with E-state index in [4.69, 9.17) is 0 Å². The molecule has 1 aliphatic rings. The first-order valence-corrected chi connectivity index (χ1v) is 8.12. The van der Waals surface area contributed by atoms with Crippen molar-refractivity contribution < 1.29 is 9.18 Å². The number of halogens is 1. The normalized spacial score (nSPS) is 14.1. The molecular weight excluding hydrogens is 305 g/mol. The van der Waals surface area contributed by atoms with Gasteiger partial charge in [0.15, 0.2) is 5.69 Å². The summed E-state index contributed by atoms with van der Waals surface area (Å²) < 4.78 is 14.0. The molecule has 122 valence electrons. The van der Waals surface area contributed by atoms with Crippen LogP contribution in [0.2, 0.25) is 0 Å². The van der Waals surface area contributed by atoms with Crippen LogP contribution < -0.4 is 0 Å². The quantitative estimate of drug-likeness (QED) is 0.793. The summed E-state index contributed by atoms with van der Waals surface area (Å²) in [5.74, 6) is -0.420. The number of fused-ring (bicyclic) bond motifs is 1. The standard InChI is InChI=1S/C19H18FN3O/c1-12-6-9-17-15(10-12)18(22-21-17)19(24)23(14-7-8-14)11-13-4-2-3-5-16(13)20/h2-6,9-10,14H,7-8,11H2,1H3,(H,21,22). The van der Waals surface area contributed by atoms with Crippen molar-refractivity contribution >= 4 is 16.8 Å². The van der Waals surface area contributed by atoms with E-state index in [1.807, 2.05) is 25.1 Å². The summed E-state index contributed by atoms with van der Waals surface area (Å²) >= 11 is 0. The zero-order valence-corrected chi connectivity index (χ0v) is 13.4. The Morgan fingerprint density at radius 3 is 2.83 bits per heavy atom. The Bertz CT molecular complexity index is 914. The molecule has 1 fully saturated rings. The highest BCUT2D eigenvalue weighted by molar-refractivity contribution is 6.05. The third-order valence-electron chi connectivity index (χ3n) is 4.47. The molecule has 1 amide bonds. The van der Waals surface area contributed by atoms with Crippen molar-refractivity contribution in [2.24, 2.45) is 0 Å². The van der Waals surface area contributed by atoms with Crippen molar-refractivity contribution in [3.05, 3.63) is 65.1 Å². The number of amides is 1. The molecule has 1 aliphatic carbocycles. The van der Waals surface area contributed by atoms with E-state index in [-0.39, 0.29) is 24.3 Å². The highest BCUT2D eigenvalue weighted by Gasteiger charge is 2.35. The number of aryl methyl sites for hydroxylation is 1. The lowest BCUT2D eigenvalue weighted by Gasteiger charge is -2.22. The van der Waals surface area contributed by atoms with E-state index in [1.165, 1.54) is 6.07 Å². The predicted molar refractivity (Wildman–Crippen MR) is 90.1 cm³/mol. The Balaban J connectivity index is 1.69. The number of benzene rings is 2. The average molecular weight is 323 g/mol. The average Bonchev–Trinajstić information content (AvgIpc) is 3.33. The molecule has 0 spiro atoms. The van der Waals surface area contributed by atoms with E-state index in [0.717, 1.165) is 29.3 Å². The van der Waals surface area contributed by atoms with Crippen molar-refractivity contribution in [1.29, 1.82) is 0 Å². The maximum absolute atomic E-state index is 14.0. The van der Waals surface area contributed by atoms with Gasteiger partial charge in [-0.1, -0.05) is 29.8 Å². The number of rotatable bonds is 4. The lowest BCUT2D eigenvalue weighted by molar-refractivity contribution is 0.0724. The third-order valence-corrected chi connectivity index (χ3v) is 4.47. The molecule has 4 nitrogen and oxygen atoms in total. The maximum atomic E-state index is 14.0. The van der Waals surface area contributed by atoms with Crippen molar-refractivity contribution in [2.75, 3.05) is 0 Å². The Hall–Kier alpha value is -2.69. The van der Waals surface area contributed by atoms with E-state index >= 15 is 0 Å². The number of nitrogens with one attached hydrogen (secondary N) is 1. The molecule has 0 aliphatic heterocycles. The van der Waals surface area contributed by atoms with Crippen LogP contribution in [0.3, 0.4) is 0 Å². The molecule has 3 aromatic rings. The molecule has 0 atom stereocenters. The van der Waals surface area contributed by atoms with E-state index < -0.39 is 0 Å². The summed E-state index contributed by atoms with van der Waals surface area (Å²) in [5.41, 5.74) is 2.86. The second-order valence-corrected chi connectivity index (χ2v) is 6.38. The molecular formula is C19H18FN3O. The number of aromatic nitrogens is 2. The molecule has 5 heteroatoms. The highest BCUT2D eigenvalue weighted by atomic mass is 19.1. The molecule has 4 rings (SSSR count). The molecule has 0 bridgehead atoms. The first kappa shape index (κ1) is 14.9. The number of H-pyrrole nitrogens is 1. The minimum atomic E-state index is -0.279. The van der Waals surface area contributed by atoms with Crippen molar-refractivity contribution in [2.45, 2.75) is 32.4 Å². The van der Waals surface area contributed by atoms with Crippen LogP contribution in [0.5, 0.6) is 0 Å². The van der Waals surface area contributed by atoms with E-state index in [9.17, 15) is 9.18 Å². The largest absolute Gasteiger partial charge is 0.330 e. The number of aromatic amines is 1. The SMILES string of the molecule is Cc1ccc2[nH]nc(C(=O)N(Cc3ccccc3F)C3CC3)c2c1. The number of carbonyl (C=O) groups excluding carboxylic acids is 1. The van der Waals surface area contributed by atoms with Gasteiger partial charge in [0.1, 0.15) is 5.82 Å². The zero-order chi connectivity index (χ0) is 16.7. The summed E-state index contributed by atoms with van der Waals surface area (Å²) in [6, 6.07) is 12.6. The van der Waals surface area contributed by atoms with Gasteiger partial charge in [0.2, 0.25) is 0 Å². The fourth-order valence-electron chi connectivity index (χ4n) is 2.99. The molecule has 1 heterocycles.